The molecule has 0 saturated heterocycles. The molecule has 1 aromatic heterocycles. The van der Waals surface area contributed by atoms with E-state index in [-0.39, 0.29) is 43.3 Å². The Morgan fingerprint density at radius 1 is 1.03 bits per heavy atom. The molecule has 0 radical (unpaired) electrons. The van der Waals surface area contributed by atoms with Crippen LogP contribution in [-0.2, 0) is 17.9 Å². The molecule has 0 bridgehead atoms. The molecular weight excluding hydrogens is 489 g/mol. The van der Waals surface area contributed by atoms with Crippen LogP contribution < -0.4 is 5.32 Å². The number of amides is 3. The maximum atomic E-state index is 13.3. The van der Waals surface area contributed by atoms with Crippen LogP contribution in [0.25, 0.3) is 0 Å². The van der Waals surface area contributed by atoms with Crippen molar-refractivity contribution in [3.63, 3.8) is 0 Å². The standard InChI is InChI=1S/C25H27BrFN3O3/c1-18(2)14-30(25(32)28-22-6-3-5-20(26)13-22)17-24(31)29(16-23-7-4-12-33-23)15-19-8-10-21(27)11-9-19/h3-13,18H,14-17H2,1-2H3,(H,28,32). The topological polar surface area (TPSA) is 65.8 Å². The molecule has 0 aliphatic carbocycles. The van der Waals surface area contributed by atoms with Gasteiger partial charge in [-0.2, -0.15) is 0 Å². The number of benzene rings is 2. The Kier molecular flexibility index (Phi) is 8.65. The van der Waals surface area contributed by atoms with Gasteiger partial charge in [0.25, 0.3) is 0 Å². The minimum Gasteiger partial charge on any atom is -0.467 e. The summed E-state index contributed by atoms with van der Waals surface area (Å²) < 4.78 is 19.6. The van der Waals surface area contributed by atoms with E-state index < -0.39 is 0 Å². The number of nitrogens with one attached hydrogen (secondary N) is 1. The molecule has 2 aromatic carbocycles. The number of urea groups is 1. The van der Waals surface area contributed by atoms with Crippen LogP contribution in [0.3, 0.4) is 0 Å². The van der Waals surface area contributed by atoms with Gasteiger partial charge in [0.05, 0.1) is 12.8 Å². The summed E-state index contributed by atoms with van der Waals surface area (Å²) >= 11 is 3.39. The summed E-state index contributed by atoms with van der Waals surface area (Å²) in [7, 11) is 0. The smallest absolute Gasteiger partial charge is 0.322 e. The van der Waals surface area contributed by atoms with Gasteiger partial charge >= 0.3 is 6.03 Å². The molecule has 1 heterocycles. The molecule has 0 fully saturated rings. The van der Waals surface area contributed by atoms with Crippen molar-refractivity contribution in [3.8, 4) is 0 Å². The predicted octanol–water partition coefficient (Wildman–Crippen LogP) is 5.90. The summed E-state index contributed by atoms with van der Waals surface area (Å²) in [5.74, 6) is 0.219. The number of hydrogen-bond acceptors (Lipinski definition) is 3. The van der Waals surface area contributed by atoms with Crippen LogP contribution in [0, 0.1) is 11.7 Å². The molecule has 3 rings (SSSR count). The summed E-state index contributed by atoms with van der Waals surface area (Å²) in [6.07, 6.45) is 1.55. The first-order valence-corrected chi connectivity index (χ1v) is 11.5. The van der Waals surface area contributed by atoms with Gasteiger partial charge in [-0.15, -0.1) is 0 Å². The zero-order chi connectivity index (χ0) is 23.8. The number of carbonyl (C=O) groups excluding carboxylic acids is 2. The Balaban J connectivity index is 1.76. The second-order valence-electron chi connectivity index (χ2n) is 8.17. The first-order valence-electron chi connectivity index (χ1n) is 10.7. The third-order valence-electron chi connectivity index (χ3n) is 4.84. The molecule has 3 amide bonds. The highest BCUT2D eigenvalue weighted by Crippen LogP contribution is 2.17. The number of nitrogens with zero attached hydrogens (tertiary/aromatic N) is 2. The minimum atomic E-state index is -0.352. The van der Waals surface area contributed by atoms with E-state index in [1.165, 1.54) is 17.0 Å². The lowest BCUT2D eigenvalue weighted by atomic mass is 10.2. The van der Waals surface area contributed by atoms with Crippen molar-refractivity contribution in [3.05, 3.63) is 88.5 Å². The van der Waals surface area contributed by atoms with E-state index in [0.29, 0.717) is 18.0 Å². The van der Waals surface area contributed by atoms with Crippen LogP contribution in [0.15, 0.2) is 75.8 Å². The normalized spacial score (nSPS) is 10.8. The van der Waals surface area contributed by atoms with Gasteiger partial charge in [-0.05, 0) is 53.9 Å². The van der Waals surface area contributed by atoms with E-state index in [1.807, 2.05) is 26.0 Å². The molecule has 0 spiro atoms. The van der Waals surface area contributed by atoms with Gasteiger partial charge < -0.3 is 19.5 Å². The van der Waals surface area contributed by atoms with Crippen LogP contribution in [-0.4, -0.2) is 34.8 Å². The van der Waals surface area contributed by atoms with E-state index in [1.54, 1.807) is 47.6 Å². The Hall–Kier alpha value is -3.13. The lowest BCUT2D eigenvalue weighted by Gasteiger charge is -2.28. The molecule has 0 atom stereocenters. The fraction of sp³-hybridized carbons (Fsp3) is 0.280. The highest BCUT2D eigenvalue weighted by Gasteiger charge is 2.23. The minimum absolute atomic E-state index is 0.0973. The lowest BCUT2D eigenvalue weighted by Crippen LogP contribution is -2.45. The molecule has 174 valence electrons. The third-order valence-corrected chi connectivity index (χ3v) is 5.33. The fourth-order valence-corrected chi connectivity index (χ4v) is 3.72. The first-order chi connectivity index (χ1) is 15.8. The van der Waals surface area contributed by atoms with Crippen LogP contribution in [0.2, 0.25) is 0 Å². The maximum Gasteiger partial charge on any atom is 0.322 e. The van der Waals surface area contributed by atoms with E-state index in [9.17, 15) is 14.0 Å². The van der Waals surface area contributed by atoms with Crippen molar-refractivity contribution in [1.29, 1.82) is 0 Å². The SMILES string of the molecule is CC(C)CN(CC(=O)N(Cc1ccc(F)cc1)Cc1ccco1)C(=O)Nc1cccc(Br)c1. The monoisotopic (exact) mass is 515 g/mol. The molecule has 8 heteroatoms. The van der Waals surface area contributed by atoms with Gasteiger partial charge in [-0.25, -0.2) is 9.18 Å². The van der Waals surface area contributed by atoms with Crippen molar-refractivity contribution in [1.82, 2.24) is 9.80 Å². The van der Waals surface area contributed by atoms with E-state index in [0.717, 1.165) is 10.0 Å². The highest BCUT2D eigenvalue weighted by atomic mass is 79.9. The number of halogens is 2. The van der Waals surface area contributed by atoms with Crippen molar-refractivity contribution < 1.29 is 18.4 Å². The summed E-state index contributed by atoms with van der Waals surface area (Å²) in [6, 6.07) is 16.5. The van der Waals surface area contributed by atoms with E-state index in [4.69, 9.17) is 4.42 Å². The summed E-state index contributed by atoms with van der Waals surface area (Å²) in [4.78, 5) is 29.4. The second-order valence-corrected chi connectivity index (χ2v) is 9.09. The molecule has 0 saturated carbocycles. The van der Waals surface area contributed by atoms with Crippen LogP contribution in [0.1, 0.15) is 25.2 Å². The van der Waals surface area contributed by atoms with E-state index >= 15 is 0 Å². The molecule has 33 heavy (non-hydrogen) atoms. The summed E-state index contributed by atoms with van der Waals surface area (Å²) in [5, 5.41) is 2.86. The van der Waals surface area contributed by atoms with Crippen molar-refractivity contribution in [2.75, 3.05) is 18.4 Å². The number of hydrogen-bond donors (Lipinski definition) is 1. The van der Waals surface area contributed by atoms with Crippen LogP contribution >= 0.6 is 15.9 Å². The number of anilines is 1. The molecule has 0 aliphatic rings. The molecule has 0 unspecified atom stereocenters. The van der Waals surface area contributed by atoms with Gasteiger partial charge in [-0.1, -0.05) is 48.0 Å². The van der Waals surface area contributed by atoms with Crippen molar-refractivity contribution >= 4 is 33.6 Å². The summed E-state index contributed by atoms with van der Waals surface area (Å²) in [5.41, 5.74) is 1.42. The zero-order valence-corrected chi connectivity index (χ0v) is 20.2. The number of carbonyl (C=O) groups is 2. The van der Waals surface area contributed by atoms with Gasteiger partial charge in [0, 0.05) is 23.2 Å². The molecule has 3 aromatic rings. The number of furan rings is 1. The number of rotatable bonds is 9. The predicted molar refractivity (Wildman–Crippen MR) is 129 cm³/mol. The van der Waals surface area contributed by atoms with Gasteiger partial charge in [0.15, 0.2) is 0 Å². The maximum absolute atomic E-state index is 13.3. The average molecular weight is 516 g/mol. The van der Waals surface area contributed by atoms with Crippen LogP contribution in [0.5, 0.6) is 0 Å². The highest BCUT2D eigenvalue weighted by molar-refractivity contribution is 9.10. The third kappa shape index (κ3) is 7.75. The molecular formula is C25H27BrFN3O3. The molecule has 1 N–H and O–H groups in total. The fourth-order valence-electron chi connectivity index (χ4n) is 3.33. The Bertz CT molecular complexity index is 1060. The largest absolute Gasteiger partial charge is 0.467 e. The Morgan fingerprint density at radius 2 is 1.79 bits per heavy atom. The average Bonchev–Trinajstić information content (AvgIpc) is 3.27. The van der Waals surface area contributed by atoms with Crippen molar-refractivity contribution in [2.24, 2.45) is 5.92 Å². The summed E-state index contributed by atoms with van der Waals surface area (Å²) in [6.45, 7) is 4.80. The lowest BCUT2D eigenvalue weighted by molar-refractivity contribution is -0.133. The molecule has 6 nitrogen and oxygen atoms in total. The van der Waals surface area contributed by atoms with Gasteiger partial charge in [0.1, 0.15) is 18.1 Å². The van der Waals surface area contributed by atoms with Gasteiger partial charge in [0.2, 0.25) is 5.91 Å². The zero-order valence-electron chi connectivity index (χ0n) is 18.6. The van der Waals surface area contributed by atoms with Crippen LogP contribution in [0.4, 0.5) is 14.9 Å². The first kappa shape index (κ1) is 24.5. The van der Waals surface area contributed by atoms with E-state index in [2.05, 4.69) is 21.2 Å². The Morgan fingerprint density at radius 3 is 2.42 bits per heavy atom. The quantitative estimate of drug-likeness (QED) is 0.385. The van der Waals surface area contributed by atoms with Crippen molar-refractivity contribution in [2.45, 2.75) is 26.9 Å². The van der Waals surface area contributed by atoms with Gasteiger partial charge in [-0.3, -0.25) is 4.79 Å². The Labute approximate surface area is 201 Å². The molecule has 0 aliphatic heterocycles. The second kappa shape index (κ2) is 11.7.